The third-order valence-electron chi connectivity index (χ3n) is 3.27. The van der Waals surface area contributed by atoms with Crippen LogP contribution < -0.4 is 0 Å². The van der Waals surface area contributed by atoms with Gasteiger partial charge in [0.25, 0.3) is 0 Å². The van der Waals surface area contributed by atoms with Crippen LogP contribution in [0.1, 0.15) is 21.6 Å². The first-order chi connectivity index (χ1) is 10.8. The number of carbonyl (C=O) groups is 1. The summed E-state index contributed by atoms with van der Waals surface area (Å²) in [4.78, 5) is 20.3. The summed E-state index contributed by atoms with van der Waals surface area (Å²) < 4.78 is 0. The number of ketones is 1. The van der Waals surface area contributed by atoms with E-state index in [9.17, 15) is 4.79 Å². The Bertz CT molecular complexity index is 856. The summed E-state index contributed by atoms with van der Waals surface area (Å²) in [6.07, 6.45) is 5.43. The molecule has 0 aliphatic carbocycles. The number of rotatable bonds is 4. The zero-order valence-corrected chi connectivity index (χ0v) is 11.8. The number of aliphatic hydroxyl groups excluding tert-OH is 1. The van der Waals surface area contributed by atoms with E-state index >= 15 is 0 Å². The number of nitrogens with zero attached hydrogens (tertiary/aromatic N) is 2. The van der Waals surface area contributed by atoms with Gasteiger partial charge in [-0.3, -0.25) is 9.78 Å². The Hall–Kier alpha value is -2.85. The van der Waals surface area contributed by atoms with Gasteiger partial charge >= 0.3 is 0 Å². The SMILES string of the molecule is O=C(CO)c1cccc(/C=C/c2cnc3ccccc3n2)c1. The molecule has 3 rings (SSSR count). The van der Waals surface area contributed by atoms with Crippen molar-refractivity contribution in [3.05, 3.63) is 71.5 Å². The van der Waals surface area contributed by atoms with E-state index in [2.05, 4.69) is 9.97 Å². The molecule has 4 nitrogen and oxygen atoms in total. The zero-order chi connectivity index (χ0) is 15.4. The Balaban J connectivity index is 1.87. The molecule has 1 aromatic heterocycles. The van der Waals surface area contributed by atoms with Gasteiger partial charge in [0.1, 0.15) is 6.61 Å². The molecule has 0 atom stereocenters. The minimum atomic E-state index is -0.483. The minimum Gasteiger partial charge on any atom is -0.388 e. The summed E-state index contributed by atoms with van der Waals surface area (Å²) in [5.41, 5.74) is 3.81. The standard InChI is InChI=1S/C18H14N2O2/c21-12-18(22)14-5-3-4-13(10-14)8-9-15-11-19-16-6-1-2-7-17(16)20-15/h1-11,21H,12H2/b9-8+. The molecule has 0 amide bonds. The number of benzene rings is 2. The fraction of sp³-hybridized carbons (Fsp3) is 0.0556. The van der Waals surface area contributed by atoms with Crippen LogP contribution >= 0.6 is 0 Å². The van der Waals surface area contributed by atoms with Crippen LogP contribution in [-0.4, -0.2) is 27.5 Å². The molecule has 0 unspecified atom stereocenters. The van der Waals surface area contributed by atoms with Gasteiger partial charge in [-0.1, -0.05) is 36.4 Å². The van der Waals surface area contributed by atoms with Crippen LogP contribution in [0.5, 0.6) is 0 Å². The maximum atomic E-state index is 11.5. The van der Waals surface area contributed by atoms with Crippen molar-refractivity contribution in [1.82, 2.24) is 9.97 Å². The predicted molar refractivity (Wildman–Crippen MR) is 86.3 cm³/mol. The summed E-state index contributed by atoms with van der Waals surface area (Å²) in [6, 6.07) is 14.8. The Kier molecular flexibility index (Phi) is 4.03. The average molecular weight is 290 g/mol. The van der Waals surface area contributed by atoms with Crippen molar-refractivity contribution >= 4 is 29.0 Å². The lowest BCUT2D eigenvalue weighted by Crippen LogP contribution is -2.03. The molecule has 3 aromatic rings. The van der Waals surface area contributed by atoms with Gasteiger partial charge in [-0.25, -0.2) is 4.98 Å². The first-order valence-corrected chi connectivity index (χ1v) is 6.90. The first-order valence-electron chi connectivity index (χ1n) is 6.90. The van der Waals surface area contributed by atoms with Crippen LogP contribution in [0.15, 0.2) is 54.7 Å². The van der Waals surface area contributed by atoms with Gasteiger partial charge in [0.15, 0.2) is 5.78 Å². The largest absolute Gasteiger partial charge is 0.388 e. The third kappa shape index (κ3) is 3.07. The topological polar surface area (TPSA) is 63.1 Å². The number of aromatic nitrogens is 2. The van der Waals surface area contributed by atoms with Crippen molar-refractivity contribution in [3.63, 3.8) is 0 Å². The van der Waals surface area contributed by atoms with Gasteiger partial charge < -0.3 is 5.11 Å². The Labute approximate surface area is 127 Å². The summed E-state index contributed by atoms with van der Waals surface area (Å²) in [5, 5.41) is 8.90. The van der Waals surface area contributed by atoms with E-state index in [0.717, 1.165) is 22.3 Å². The van der Waals surface area contributed by atoms with Gasteiger partial charge in [0.05, 0.1) is 22.9 Å². The normalized spacial score (nSPS) is 11.1. The Morgan fingerprint density at radius 3 is 2.68 bits per heavy atom. The molecule has 0 saturated heterocycles. The Morgan fingerprint density at radius 2 is 1.86 bits per heavy atom. The lowest BCUT2D eigenvalue weighted by Gasteiger charge is -2.00. The van der Waals surface area contributed by atoms with E-state index in [-0.39, 0.29) is 5.78 Å². The van der Waals surface area contributed by atoms with Crippen molar-refractivity contribution in [3.8, 4) is 0 Å². The third-order valence-corrected chi connectivity index (χ3v) is 3.27. The molecule has 1 heterocycles. The second-order valence-electron chi connectivity index (χ2n) is 4.82. The molecule has 0 bridgehead atoms. The van der Waals surface area contributed by atoms with Gasteiger partial charge in [0.2, 0.25) is 0 Å². The van der Waals surface area contributed by atoms with Crippen LogP contribution in [0.2, 0.25) is 0 Å². The Morgan fingerprint density at radius 1 is 1.05 bits per heavy atom. The highest BCUT2D eigenvalue weighted by Crippen LogP contribution is 2.12. The number of Topliss-reactive ketones (excluding diaryl/α,β-unsaturated/α-hetero) is 1. The molecule has 0 spiro atoms. The maximum Gasteiger partial charge on any atom is 0.188 e. The molecule has 0 fully saturated rings. The predicted octanol–water partition coefficient (Wildman–Crippen LogP) is 2.98. The quantitative estimate of drug-likeness (QED) is 0.750. The van der Waals surface area contributed by atoms with Crippen LogP contribution in [0.3, 0.4) is 0 Å². The summed E-state index contributed by atoms with van der Waals surface area (Å²) in [5.74, 6) is -0.291. The molecule has 4 heteroatoms. The minimum absolute atomic E-state index is 0.291. The molecular formula is C18H14N2O2. The van der Waals surface area contributed by atoms with Crippen LogP contribution in [0.4, 0.5) is 0 Å². The molecule has 2 aromatic carbocycles. The van der Waals surface area contributed by atoms with E-state index in [1.165, 1.54) is 0 Å². The molecular weight excluding hydrogens is 276 g/mol. The second kappa shape index (κ2) is 6.28. The van der Waals surface area contributed by atoms with Gasteiger partial charge in [-0.05, 0) is 29.8 Å². The number of fused-ring (bicyclic) bond motifs is 1. The van der Waals surface area contributed by atoms with Gasteiger partial charge in [-0.15, -0.1) is 0 Å². The molecule has 108 valence electrons. The molecule has 0 saturated carbocycles. The number of hydrogen-bond acceptors (Lipinski definition) is 4. The highest BCUT2D eigenvalue weighted by Gasteiger charge is 2.03. The summed E-state index contributed by atoms with van der Waals surface area (Å²) >= 11 is 0. The molecule has 0 radical (unpaired) electrons. The summed E-state index contributed by atoms with van der Waals surface area (Å²) in [6.45, 7) is -0.483. The van der Waals surface area contributed by atoms with Gasteiger partial charge in [0, 0.05) is 5.56 Å². The lowest BCUT2D eigenvalue weighted by molar-refractivity contribution is 0.0903. The molecule has 1 N–H and O–H groups in total. The monoisotopic (exact) mass is 290 g/mol. The number of para-hydroxylation sites is 2. The lowest BCUT2D eigenvalue weighted by atomic mass is 10.1. The smallest absolute Gasteiger partial charge is 0.188 e. The zero-order valence-electron chi connectivity index (χ0n) is 11.8. The summed E-state index contributed by atoms with van der Waals surface area (Å²) in [7, 11) is 0. The second-order valence-corrected chi connectivity index (χ2v) is 4.82. The fourth-order valence-electron chi connectivity index (χ4n) is 2.14. The molecule has 0 aliphatic heterocycles. The highest BCUT2D eigenvalue weighted by atomic mass is 16.3. The van der Waals surface area contributed by atoms with Crippen molar-refractivity contribution in [2.75, 3.05) is 6.61 Å². The molecule has 0 aliphatic rings. The van der Waals surface area contributed by atoms with Crippen molar-refractivity contribution in [1.29, 1.82) is 0 Å². The maximum absolute atomic E-state index is 11.5. The number of carbonyl (C=O) groups excluding carboxylic acids is 1. The van der Waals surface area contributed by atoms with E-state index in [4.69, 9.17) is 5.11 Å². The average Bonchev–Trinajstić information content (AvgIpc) is 2.59. The van der Waals surface area contributed by atoms with Crippen LogP contribution in [0, 0.1) is 0 Å². The van der Waals surface area contributed by atoms with E-state index < -0.39 is 6.61 Å². The van der Waals surface area contributed by atoms with E-state index in [0.29, 0.717) is 5.56 Å². The van der Waals surface area contributed by atoms with E-state index in [1.807, 2.05) is 42.5 Å². The van der Waals surface area contributed by atoms with Crippen molar-refractivity contribution < 1.29 is 9.90 Å². The van der Waals surface area contributed by atoms with Crippen molar-refractivity contribution in [2.45, 2.75) is 0 Å². The number of hydrogen-bond donors (Lipinski definition) is 1. The number of aliphatic hydroxyl groups is 1. The fourth-order valence-corrected chi connectivity index (χ4v) is 2.14. The molecule has 22 heavy (non-hydrogen) atoms. The van der Waals surface area contributed by atoms with Crippen LogP contribution in [0.25, 0.3) is 23.2 Å². The highest BCUT2D eigenvalue weighted by molar-refractivity contribution is 5.97. The van der Waals surface area contributed by atoms with E-state index in [1.54, 1.807) is 24.4 Å². The van der Waals surface area contributed by atoms with Crippen LogP contribution in [-0.2, 0) is 0 Å². The first kappa shape index (κ1) is 14.1. The van der Waals surface area contributed by atoms with Crippen molar-refractivity contribution in [2.24, 2.45) is 0 Å². The van der Waals surface area contributed by atoms with Gasteiger partial charge in [-0.2, -0.15) is 0 Å².